The fourth-order valence-electron chi connectivity index (χ4n) is 1.40. The van der Waals surface area contributed by atoms with Crippen LogP contribution in [-0.2, 0) is 0 Å². The molecule has 0 bridgehead atoms. The number of aromatic nitrogens is 1. The van der Waals surface area contributed by atoms with Crippen LogP contribution in [0.3, 0.4) is 0 Å². The van der Waals surface area contributed by atoms with Gasteiger partial charge in [0, 0.05) is 12.6 Å². The summed E-state index contributed by atoms with van der Waals surface area (Å²) in [6.45, 7) is 3.09. The standard InChI is InChI=1S/C11H14Cl2N2S/c1-2-7(6-14-8-3-4-8)5-9-10(12)15-11(13)16-9/h5,8,14H,2-4,6H2,1H3. The van der Waals surface area contributed by atoms with Gasteiger partial charge in [0.1, 0.15) is 5.15 Å². The molecule has 88 valence electrons. The minimum atomic E-state index is 0.502. The number of halogens is 2. The Kier molecular flexibility index (Phi) is 4.25. The molecule has 0 saturated heterocycles. The fraction of sp³-hybridized carbons (Fsp3) is 0.545. The Morgan fingerprint density at radius 1 is 1.56 bits per heavy atom. The average molecular weight is 277 g/mol. The first-order valence-electron chi connectivity index (χ1n) is 5.43. The molecule has 0 aliphatic heterocycles. The highest BCUT2D eigenvalue weighted by Gasteiger charge is 2.20. The van der Waals surface area contributed by atoms with Crippen molar-refractivity contribution in [1.82, 2.24) is 10.3 Å². The van der Waals surface area contributed by atoms with Crippen molar-refractivity contribution in [1.29, 1.82) is 0 Å². The Labute approximate surface area is 110 Å². The zero-order valence-corrected chi connectivity index (χ0v) is 11.4. The van der Waals surface area contributed by atoms with E-state index in [9.17, 15) is 0 Å². The summed E-state index contributed by atoms with van der Waals surface area (Å²) in [6, 6.07) is 0.732. The van der Waals surface area contributed by atoms with Crippen LogP contribution in [0.15, 0.2) is 5.57 Å². The second kappa shape index (κ2) is 5.50. The molecule has 2 nitrogen and oxygen atoms in total. The molecule has 1 aliphatic carbocycles. The maximum Gasteiger partial charge on any atom is 0.185 e. The molecule has 1 saturated carbocycles. The van der Waals surface area contributed by atoms with Gasteiger partial charge in [0.2, 0.25) is 0 Å². The van der Waals surface area contributed by atoms with Gasteiger partial charge >= 0.3 is 0 Å². The van der Waals surface area contributed by atoms with E-state index in [0.717, 1.165) is 23.9 Å². The van der Waals surface area contributed by atoms with E-state index in [4.69, 9.17) is 23.2 Å². The van der Waals surface area contributed by atoms with Gasteiger partial charge < -0.3 is 5.32 Å². The normalized spacial score (nSPS) is 16.8. The monoisotopic (exact) mass is 276 g/mol. The van der Waals surface area contributed by atoms with Crippen molar-refractivity contribution in [2.45, 2.75) is 32.2 Å². The molecule has 1 aromatic rings. The van der Waals surface area contributed by atoms with E-state index in [1.54, 1.807) is 0 Å². The van der Waals surface area contributed by atoms with Crippen molar-refractivity contribution < 1.29 is 0 Å². The van der Waals surface area contributed by atoms with Gasteiger partial charge in [-0.15, -0.1) is 11.3 Å². The number of nitrogens with zero attached hydrogens (tertiary/aromatic N) is 1. The smallest absolute Gasteiger partial charge is 0.185 e. The highest BCUT2D eigenvalue weighted by atomic mass is 35.5. The predicted octanol–water partition coefficient (Wildman–Crippen LogP) is 4.00. The summed E-state index contributed by atoms with van der Waals surface area (Å²) in [5, 5.41) is 4.00. The van der Waals surface area contributed by atoms with Crippen LogP contribution in [0.2, 0.25) is 9.62 Å². The summed E-state index contributed by atoms with van der Waals surface area (Å²) >= 11 is 13.2. The maximum atomic E-state index is 5.97. The molecule has 2 rings (SSSR count). The summed E-state index contributed by atoms with van der Waals surface area (Å²) in [4.78, 5) is 4.95. The van der Waals surface area contributed by atoms with Gasteiger partial charge in [0.05, 0.1) is 4.88 Å². The highest BCUT2D eigenvalue weighted by molar-refractivity contribution is 7.17. The molecule has 1 N–H and O–H groups in total. The van der Waals surface area contributed by atoms with E-state index in [-0.39, 0.29) is 0 Å². The Hall–Kier alpha value is -0.0900. The third kappa shape index (κ3) is 3.45. The zero-order valence-electron chi connectivity index (χ0n) is 9.09. The molecule has 1 heterocycles. The third-order valence-electron chi connectivity index (χ3n) is 2.57. The van der Waals surface area contributed by atoms with Gasteiger partial charge in [0.25, 0.3) is 0 Å². The Balaban J connectivity index is 2.02. The average Bonchev–Trinajstić information content (AvgIpc) is 3.01. The number of hydrogen-bond acceptors (Lipinski definition) is 3. The van der Waals surface area contributed by atoms with Gasteiger partial charge in [0.15, 0.2) is 4.47 Å². The van der Waals surface area contributed by atoms with E-state index in [1.165, 1.54) is 29.8 Å². The van der Waals surface area contributed by atoms with Crippen molar-refractivity contribution >= 4 is 40.6 Å². The zero-order chi connectivity index (χ0) is 11.5. The Bertz CT molecular complexity index is 397. The lowest BCUT2D eigenvalue weighted by molar-refractivity contribution is 0.723. The topological polar surface area (TPSA) is 24.9 Å². The van der Waals surface area contributed by atoms with Gasteiger partial charge in [-0.2, -0.15) is 0 Å². The lowest BCUT2D eigenvalue weighted by Gasteiger charge is -2.05. The van der Waals surface area contributed by atoms with E-state index >= 15 is 0 Å². The first-order valence-corrected chi connectivity index (χ1v) is 7.01. The van der Waals surface area contributed by atoms with Crippen molar-refractivity contribution in [2.75, 3.05) is 6.54 Å². The summed E-state index contributed by atoms with van der Waals surface area (Å²) < 4.78 is 0.502. The summed E-state index contributed by atoms with van der Waals surface area (Å²) in [6.07, 6.45) is 5.74. The Morgan fingerprint density at radius 3 is 2.81 bits per heavy atom. The maximum absolute atomic E-state index is 5.97. The van der Waals surface area contributed by atoms with Crippen molar-refractivity contribution in [3.8, 4) is 0 Å². The van der Waals surface area contributed by atoms with Crippen LogP contribution in [0.4, 0.5) is 0 Å². The van der Waals surface area contributed by atoms with Gasteiger partial charge in [-0.3, -0.25) is 0 Å². The van der Waals surface area contributed by atoms with Crippen molar-refractivity contribution in [3.05, 3.63) is 20.1 Å². The van der Waals surface area contributed by atoms with E-state index in [1.807, 2.05) is 0 Å². The van der Waals surface area contributed by atoms with Crippen LogP contribution in [0.5, 0.6) is 0 Å². The molecule has 0 atom stereocenters. The molecule has 0 unspecified atom stereocenters. The molecular weight excluding hydrogens is 263 g/mol. The van der Waals surface area contributed by atoms with Crippen molar-refractivity contribution in [2.24, 2.45) is 0 Å². The molecule has 16 heavy (non-hydrogen) atoms. The van der Waals surface area contributed by atoms with Crippen LogP contribution >= 0.6 is 34.5 Å². The molecular formula is C11H14Cl2N2S. The first kappa shape index (κ1) is 12.4. The Morgan fingerprint density at radius 2 is 2.31 bits per heavy atom. The van der Waals surface area contributed by atoms with Crippen molar-refractivity contribution in [3.63, 3.8) is 0 Å². The summed E-state index contributed by atoms with van der Waals surface area (Å²) in [5.41, 5.74) is 1.34. The van der Waals surface area contributed by atoms with Gasteiger partial charge in [-0.05, 0) is 25.3 Å². The molecule has 1 aromatic heterocycles. The molecule has 0 amide bonds. The van der Waals surface area contributed by atoms with E-state index in [0.29, 0.717) is 9.62 Å². The molecule has 1 aliphatic rings. The predicted molar refractivity (Wildman–Crippen MR) is 71.4 cm³/mol. The first-order chi connectivity index (χ1) is 7.69. The number of hydrogen-bond donors (Lipinski definition) is 1. The summed E-state index contributed by atoms with van der Waals surface area (Å²) in [7, 11) is 0. The lowest BCUT2D eigenvalue weighted by atomic mass is 10.2. The quantitative estimate of drug-likeness (QED) is 0.880. The highest BCUT2D eigenvalue weighted by Crippen LogP contribution is 2.29. The van der Waals surface area contributed by atoms with E-state index < -0.39 is 0 Å². The number of nitrogens with one attached hydrogen (secondary N) is 1. The minimum Gasteiger partial charge on any atom is -0.310 e. The van der Waals surface area contributed by atoms with Crippen LogP contribution < -0.4 is 5.32 Å². The van der Waals surface area contributed by atoms with Gasteiger partial charge in [-0.25, -0.2) is 4.98 Å². The molecule has 0 spiro atoms. The third-order valence-corrected chi connectivity index (χ3v) is 4.08. The second-order valence-corrected chi connectivity index (χ2v) is 5.90. The van der Waals surface area contributed by atoms with Crippen LogP contribution in [0.25, 0.3) is 6.08 Å². The van der Waals surface area contributed by atoms with Gasteiger partial charge in [-0.1, -0.05) is 35.7 Å². The fourth-order valence-corrected chi connectivity index (χ4v) is 2.76. The molecule has 0 aromatic carbocycles. The van der Waals surface area contributed by atoms with Crippen LogP contribution in [0, 0.1) is 0 Å². The summed E-state index contributed by atoms with van der Waals surface area (Å²) in [5.74, 6) is 0. The lowest BCUT2D eigenvalue weighted by Crippen LogP contribution is -2.18. The number of thiazole rings is 1. The molecule has 1 fully saturated rings. The van der Waals surface area contributed by atoms with Crippen LogP contribution in [0.1, 0.15) is 31.1 Å². The SMILES string of the molecule is CCC(=Cc1sc(Cl)nc1Cl)CNC1CC1. The minimum absolute atomic E-state index is 0.502. The molecule has 5 heteroatoms. The van der Waals surface area contributed by atoms with E-state index in [2.05, 4.69) is 23.3 Å². The second-order valence-electron chi connectivity index (χ2n) is 3.93. The molecule has 0 radical (unpaired) electrons. The largest absolute Gasteiger partial charge is 0.310 e. The van der Waals surface area contributed by atoms with Crippen LogP contribution in [-0.4, -0.2) is 17.6 Å². The number of rotatable bonds is 5.